The second kappa shape index (κ2) is 3.70. The Bertz CT molecular complexity index is 360. The number of hydrogen-bond acceptors (Lipinski definition) is 2. The summed E-state index contributed by atoms with van der Waals surface area (Å²) >= 11 is 0. The van der Waals surface area contributed by atoms with E-state index in [1.165, 1.54) is 5.56 Å². The summed E-state index contributed by atoms with van der Waals surface area (Å²) in [7, 11) is 0. The van der Waals surface area contributed by atoms with Crippen molar-refractivity contribution in [2.75, 3.05) is 17.2 Å². The minimum atomic E-state index is 0.0744. The first-order chi connectivity index (χ1) is 6.81. The van der Waals surface area contributed by atoms with Gasteiger partial charge in [0.25, 0.3) is 0 Å². The van der Waals surface area contributed by atoms with E-state index in [0.29, 0.717) is 6.42 Å². The van der Waals surface area contributed by atoms with Crippen LogP contribution in [0.5, 0.6) is 0 Å². The minimum absolute atomic E-state index is 0.0744. The van der Waals surface area contributed by atoms with Crippen LogP contribution in [0.3, 0.4) is 0 Å². The number of amides is 1. The van der Waals surface area contributed by atoms with Crippen LogP contribution in [0.4, 0.5) is 11.4 Å². The molecule has 1 amide bonds. The first kappa shape index (κ1) is 9.06. The topological polar surface area (TPSA) is 41.1 Å². The van der Waals surface area contributed by atoms with E-state index in [-0.39, 0.29) is 5.91 Å². The van der Waals surface area contributed by atoms with Crippen LogP contribution in [-0.2, 0) is 11.2 Å². The molecule has 0 atom stereocenters. The molecule has 74 valence electrons. The first-order valence-corrected chi connectivity index (χ1v) is 4.97. The Hall–Kier alpha value is -1.51. The molecule has 0 spiro atoms. The summed E-state index contributed by atoms with van der Waals surface area (Å²) in [6.45, 7) is 2.82. The van der Waals surface area contributed by atoms with Crippen LogP contribution >= 0.6 is 0 Å². The Morgan fingerprint density at radius 2 is 2.43 bits per heavy atom. The fourth-order valence-electron chi connectivity index (χ4n) is 1.70. The van der Waals surface area contributed by atoms with Crippen LogP contribution in [0.15, 0.2) is 18.2 Å². The molecule has 2 N–H and O–H groups in total. The van der Waals surface area contributed by atoms with Crippen molar-refractivity contribution < 1.29 is 4.79 Å². The van der Waals surface area contributed by atoms with Crippen molar-refractivity contribution in [1.29, 1.82) is 0 Å². The zero-order valence-electron chi connectivity index (χ0n) is 8.26. The smallest absolute Gasteiger partial charge is 0.224 e. The molecule has 0 aromatic heterocycles. The number of anilines is 2. The van der Waals surface area contributed by atoms with Crippen LogP contribution in [0, 0.1) is 0 Å². The van der Waals surface area contributed by atoms with Crippen LogP contribution < -0.4 is 10.6 Å². The summed E-state index contributed by atoms with van der Waals surface area (Å²) in [6.07, 6.45) is 1.52. The predicted octanol–water partition coefficient (Wildman–Crippen LogP) is 2.00. The molecule has 0 saturated heterocycles. The fourth-order valence-corrected chi connectivity index (χ4v) is 1.70. The number of benzene rings is 1. The molecule has 1 aliphatic heterocycles. The third-order valence-electron chi connectivity index (χ3n) is 2.46. The van der Waals surface area contributed by atoms with E-state index >= 15 is 0 Å². The molecule has 2 rings (SSSR count). The van der Waals surface area contributed by atoms with Gasteiger partial charge in [0, 0.05) is 29.9 Å². The molecule has 14 heavy (non-hydrogen) atoms. The van der Waals surface area contributed by atoms with Gasteiger partial charge in [-0.1, -0.05) is 13.0 Å². The van der Waals surface area contributed by atoms with E-state index < -0.39 is 0 Å². The summed E-state index contributed by atoms with van der Waals surface area (Å²) in [5, 5.41) is 6.19. The molecular formula is C11H14N2O. The van der Waals surface area contributed by atoms with Gasteiger partial charge in [-0.3, -0.25) is 4.79 Å². The highest BCUT2D eigenvalue weighted by atomic mass is 16.1. The third kappa shape index (κ3) is 1.58. The average Bonchev–Trinajstić information content (AvgIpc) is 2.66. The second-order valence-corrected chi connectivity index (χ2v) is 3.41. The van der Waals surface area contributed by atoms with Gasteiger partial charge >= 0.3 is 0 Å². The molecule has 0 unspecified atom stereocenters. The lowest BCUT2D eigenvalue weighted by molar-refractivity contribution is -0.115. The van der Waals surface area contributed by atoms with Crippen LogP contribution in [-0.4, -0.2) is 12.5 Å². The highest BCUT2D eigenvalue weighted by Crippen LogP contribution is 2.28. The standard InChI is InChI=1S/C11H14N2O/c1-2-11(14)13-10-5-3-4-9-8(10)6-7-12-9/h3-5,12H,2,6-7H2,1H3,(H,13,14). The highest BCUT2D eigenvalue weighted by Gasteiger charge is 2.14. The van der Waals surface area contributed by atoms with Crippen LogP contribution in [0.2, 0.25) is 0 Å². The number of fused-ring (bicyclic) bond motifs is 1. The zero-order chi connectivity index (χ0) is 9.97. The molecule has 1 aliphatic rings. The highest BCUT2D eigenvalue weighted by molar-refractivity contribution is 5.92. The van der Waals surface area contributed by atoms with Gasteiger partial charge in [0.2, 0.25) is 5.91 Å². The Balaban J connectivity index is 2.26. The van der Waals surface area contributed by atoms with Crippen molar-refractivity contribution >= 4 is 17.3 Å². The number of hydrogen-bond donors (Lipinski definition) is 2. The van der Waals surface area contributed by atoms with Crippen molar-refractivity contribution in [2.24, 2.45) is 0 Å². The zero-order valence-corrected chi connectivity index (χ0v) is 8.26. The average molecular weight is 190 g/mol. The molecule has 0 aliphatic carbocycles. The van der Waals surface area contributed by atoms with Gasteiger partial charge in [-0.25, -0.2) is 0 Å². The van der Waals surface area contributed by atoms with Gasteiger partial charge < -0.3 is 10.6 Å². The lowest BCUT2D eigenvalue weighted by Gasteiger charge is -2.08. The monoisotopic (exact) mass is 190 g/mol. The van der Waals surface area contributed by atoms with E-state index in [4.69, 9.17) is 0 Å². The molecule has 1 aromatic carbocycles. The molecule has 0 fully saturated rings. The maximum Gasteiger partial charge on any atom is 0.224 e. The van der Waals surface area contributed by atoms with E-state index in [1.54, 1.807) is 0 Å². The number of nitrogens with one attached hydrogen (secondary N) is 2. The van der Waals surface area contributed by atoms with Gasteiger partial charge in [0.1, 0.15) is 0 Å². The van der Waals surface area contributed by atoms with Gasteiger partial charge in [-0.2, -0.15) is 0 Å². The lowest BCUT2D eigenvalue weighted by atomic mass is 10.1. The number of carbonyl (C=O) groups excluding carboxylic acids is 1. The fraction of sp³-hybridized carbons (Fsp3) is 0.364. The largest absolute Gasteiger partial charge is 0.384 e. The summed E-state index contributed by atoms with van der Waals surface area (Å²) < 4.78 is 0. The third-order valence-corrected chi connectivity index (χ3v) is 2.46. The van der Waals surface area contributed by atoms with E-state index in [9.17, 15) is 4.79 Å². The molecule has 3 heteroatoms. The molecule has 1 aromatic rings. The second-order valence-electron chi connectivity index (χ2n) is 3.41. The molecule has 0 saturated carbocycles. The van der Waals surface area contributed by atoms with E-state index in [1.807, 2.05) is 25.1 Å². The summed E-state index contributed by atoms with van der Waals surface area (Å²) in [6, 6.07) is 5.96. The SMILES string of the molecule is CCC(=O)Nc1cccc2c1CCN2. The quantitative estimate of drug-likeness (QED) is 0.749. The van der Waals surface area contributed by atoms with Crippen molar-refractivity contribution in [1.82, 2.24) is 0 Å². The Morgan fingerprint density at radius 3 is 3.21 bits per heavy atom. The van der Waals surface area contributed by atoms with Crippen molar-refractivity contribution in [3.05, 3.63) is 23.8 Å². The minimum Gasteiger partial charge on any atom is -0.384 e. The maximum absolute atomic E-state index is 11.2. The van der Waals surface area contributed by atoms with Gasteiger partial charge in [0.05, 0.1) is 0 Å². The normalized spacial score (nSPS) is 13.2. The van der Waals surface area contributed by atoms with Crippen molar-refractivity contribution in [3.8, 4) is 0 Å². The van der Waals surface area contributed by atoms with Crippen molar-refractivity contribution in [2.45, 2.75) is 19.8 Å². The maximum atomic E-state index is 11.2. The summed E-state index contributed by atoms with van der Waals surface area (Å²) in [5.74, 6) is 0.0744. The summed E-state index contributed by atoms with van der Waals surface area (Å²) in [4.78, 5) is 11.2. The van der Waals surface area contributed by atoms with Crippen molar-refractivity contribution in [3.63, 3.8) is 0 Å². The van der Waals surface area contributed by atoms with E-state index in [0.717, 1.165) is 24.3 Å². The Labute approximate surface area is 83.5 Å². The van der Waals surface area contributed by atoms with Gasteiger partial charge in [-0.05, 0) is 18.6 Å². The molecular weight excluding hydrogens is 176 g/mol. The van der Waals surface area contributed by atoms with Gasteiger partial charge in [-0.15, -0.1) is 0 Å². The lowest BCUT2D eigenvalue weighted by Crippen LogP contribution is -2.10. The number of rotatable bonds is 2. The number of carbonyl (C=O) groups is 1. The molecule has 3 nitrogen and oxygen atoms in total. The Morgan fingerprint density at radius 1 is 1.57 bits per heavy atom. The summed E-state index contributed by atoms with van der Waals surface area (Å²) in [5.41, 5.74) is 3.34. The first-order valence-electron chi connectivity index (χ1n) is 4.97. The molecule has 0 bridgehead atoms. The molecule has 1 heterocycles. The molecule has 0 radical (unpaired) electrons. The van der Waals surface area contributed by atoms with Crippen LogP contribution in [0.25, 0.3) is 0 Å². The van der Waals surface area contributed by atoms with Crippen LogP contribution in [0.1, 0.15) is 18.9 Å². The van der Waals surface area contributed by atoms with Gasteiger partial charge in [0.15, 0.2) is 0 Å². The van der Waals surface area contributed by atoms with E-state index in [2.05, 4.69) is 10.6 Å². The predicted molar refractivity (Wildman–Crippen MR) is 57.6 cm³/mol. The Kier molecular flexibility index (Phi) is 2.39.